The van der Waals surface area contributed by atoms with E-state index in [1.807, 2.05) is 0 Å². The van der Waals surface area contributed by atoms with Crippen molar-refractivity contribution in [2.24, 2.45) is 0 Å². The molecule has 86 valence electrons. The summed E-state index contributed by atoms with van der Waals surface area (Å²) in [6.45, 7) is 0. The number of carboxylic acids is 1. The van der Waals surface area contributed by atoms with E-state index in [4.69, 9.17) is 16.7 Å². The third kappa shape index (κ3) is 2.24. The smallest absolute Gasteiger partial charge is 0.309 e. The molecule has 0 unspecified atom stereocenters. The van der Waals surface area contributed by atoms with E-state index in [0.717, 1.165) is 12.8 Å². The van der Waals surface area contributed by atoms with Gasteiger partial charge < -0.3 is 10.4 Å². The molecular weight excluding hydrogens is 230 g/mol. The second kappa shape index (κ2) is 4.25. The molecule has 5 nitrogen and oxygen atoms in total. The van der Waals surface area contributed by atoms with Gasteiger partial charge in [0.05, 0.1) is 12.1 Å². The van der Waals surface area contributed by atoms with Crippen LogP contribution in [0.5, 0.6) is 0 Å². The summed E-state index contributed by atoms with van der Waals surface area (Å²) < 4.78 is 0. The summed E-state index contributed by atoms with van der Waals surface area (Å²) in [7, 11) is 1.70. The Morgan fingerprint density at radius 3 is 2.75 bits per heavy atom. The number of hydrogen-bond acceptors (Lipinski definition) is 4. The van der Waals surface area contributed by atoms with Gasteiger partial charge in [-0.05, 0) is 12.8 Å². The van der Waals surface area contributed by atoms with Crippen LogP contribution in [0.25, 0.3) is 0 Å². The van der Waals surface area contributed by atoms with E-state index in [-0.39, 0.29) is 6.42 Å². The molecule has 0 aliphatic heterocycles. The molecule has 0 bridgehead atoms. The second-order valence-electron chi connectivity index (χ2n) is 3.79. The molecule has 0 atom stereocenters. The maximum Gasteiger partial charge on any atom is 0.309 e. The number of nitrogens with one attached hydrogen (secondary N) is 1. The highest BCUT2D eigenvalue weighted by atomic mass is 35.5. The molecule has 1 fully saturated rings. The zero-order valence-electron chi connectivity index (χ0n) is 8.83. The number of halogens is 1. The Kier molecular flexibility index (Phi) is 2.96. The van der Waals surface area contributed by atoms with Gasteiger partial charge in [-0.1, -0.05) is 11.6 Å². The van der Waals surface area contributed by atoms with E-state index in [1.54, 1.807) is 7.05 Å². The molecule has 2 rings (SSSR count). The van der Waals surface area contributed by atoms with Crippen LogP contribution in [0.3, 0.4) is 0 Å². The first-order chi connectivity index (χ1) is 7.61. The number of carbonyl (C=O) groups is 1. The number of aliphatic carboxylic acids is 1. The third-order valence-corrected chi connectivity index (χ3v) is 2.83. The van der Waals surface area contributed by atoms with Crippen molar-refractivity contribution in [3.8, 4) is 0 Å². The van der Waals surface area contributed by atoms with Crippen molar-refractivity contribution in [2.75, 3.05) is 12.4 Å². The summed E-state index contributed by atoms with van der Waals surface area (Å²) in [6.07, 6.45) is 1.96. The Morgan fingerprint density at radius 1 is 1.56 bits per heavy atom. The SMILES string of the molecule is CNc1nc(C2CC2)nc(CC(=O)O)c1Cl. The summed E-state index contributed by atoms with van der Waals surface area (Å²) in [4.78, 5) is 19.2. The van der Waals surface area contributed by atoms with Gasteiger partial charge in [0.1, 0.15) is 16.7 Å². The van der Waals surface area contributed by atoms with E-state index in [9.17, 15) is 4.79 Å². The topological polar surface area (TPSA) is 75.1 Å². The molecule has 1 aliphatic rings. The van der Waals surface area contributed by atoms with Crippen molar-refractivity contribution in [2.45, 2.75) is 25.2 Å². The van der Waals surface area contributed by atoms with Gasteiger partial charge in [0.2, 0.25) is 0 Å². The number of aromatic nitrogens is 2. The van der Waals surface area contributed by atoms with E-state index >= 15 is 0 Å². The lowest BCUT2D eigenvalue weighted by molar-refractivity contribution is -0.136. The highest BCUT2D eigenvalue weighted by Gasteiger charge is 2.28. The predicted octanol–water partition coefficient (Wildman–Crippen LogP) is 1.68. The minimum Gasteiger partial charge on any atom is -0.481 e. The zero-order valence-corrected chi connectivity index (χ0v) is 9.58. The fourth-order valence-electron chi connectivity index (χ4n) is 1.46. The molecule has 1 aromatic rings. The normalized spacial score (nSPS) is 14.9. The van der Waals surface area contributed by atoms with Crippen LogP contribution in [0, 0.1) is 0 Å². The molecule has 1 heterocycles. The van der Waals surface area contributed by atoms with Crippen LogP contribution in [-0.2, 0) is 11.2 Å². The lowest BCUT2D eigenvalue weighted by Gasteiger charge is -2.08. The van der Waals surface area contributed by atoms with Crippen molar-refractivity contribution in [3.63, 3.8) is 0 Å². The number of carboxylic acid groups (broad SMARTS) is 1. The number of rotatable bonds is 4. The van der Waals surface area contributed by atoms with Crippen LogP contribution in [-0.4, -0.2) is 28.1 Å². The van der Waals surface area contributed by atoms with Crippen LogP contribution in [0.4, 0.5) is 5.82 Å². The number of anilines is 1. The van der Waals surface area contributed by atoms with Crippen molar-refractivity contribution in [1.29, 1.82) is 0 Å². The minimum absolute atomic E-state index is 0.171. The Hall–Kier alpha value is -1.36. The molecule has 0 amide bonds. The van der Waals surface area contributed by atoms with Crippen LogP contribution >= 0.6 is 11.6 Å². The quantitative estimate of drug-likeness (QED) is 0.839. The van der Waals surface area contributed by atoms with Gasteiger partial charge in [0.15, 0.2) is 0 Å². The molecule has 16 heavy (non-hydrogen) atoms. The van der Waals surface area contributed by atoms with Gasteiger partial charge in [-0.15, -0.1) is 0 Å². The fourth-order valence-corrected chi connectivity index (χ4v) is 1.71. The Bertz CT molecular complexity index is 432. The molecule has 2 N–H and O–H groups in total. The summed E-state index contributed by atoms with van der Waals surface area (Å²) in [5, 5.41) is 11.9. The van der Waals surface area contributed by atoms with Gasteiger partial charge in [-0.3, -0.25) is 4.79 Å². The predicted molar refractivity (Wildman–Crippen MR) is 59.9 cm³/mol. The van der Waals surface area contributed by atoms with Gasteiger partial charge in [-0.25, -0.2) is 9.97 Å². The molecule has 0 aromatic carbocycles. The Labute approximate surface area is 97.9 Å². The third-order valence-electron chi connectivity index (χ3n) is 2.44. The molecule has 1 saturated carbocycles. The number of nitrogens with zero attached hydrogens (tertiary/aromatic N) is 2. The molecule has 6 heteroatoms. The molecular formula is C10H12ClN3O2. The van der Waals surface area contributed by atoms with Gasteiger partial charge in [0.25, 0.3) is 0 Å². The average Bonchev–Trinajstić information content (AvgIpc) is 3.04. The summed E-state index contributed by atoms with van der Waals surface area (Å²) in [6, 6.07) is 0. The minimum atomic E-state index is -0.940. The highest BCUT2D eigenvalue weighted by molar-refractivity contribution is 6.33. The summed E-state index contributed by atoms with van der Waals surface area (Å²) in [5.41, 5.74) is 0.385. The Morgan fingerprint density at radius 2 is 2.25 bits per heavy atom. The molecule has 0 saturated heterocycles. The van der Waals surface area contributed by atoms with E-state index in [1.165, 1.54) is 0 Å². The molecule has 0 radical (unpaired) electrons. The van der Waals surface area contributed by atoms with Crippen LogP contribution in [0.15, 0.2) is 0 Å². The molecule has 0 spiro atoms. The van der Waals surface area contributed by atoms with E-state index in [2.05, 4.69) is 15.3 Å². The van der Waals surface area contributed by atoms with Gasteiger partial charge in [-0.2, -0.15) is 0 Å². The maximum atomic E-state index is 10.7. The van der Waals surface area contributed by atoms with Crippen LogP contribution in [0.2, 0.25) is 5.02 Å². The molecule has 1 aliphatic carbocycles. The first-order valence-electron chi connectivity index (χ1n) is 5.07. The second-order valence-corrected chi connectivity index (χ2v) is 4.16. The summed E-state index contributed by atoms with van der Waals surface area (Å²) >= 11 is 6.00. The first kappa shape index (κ1) is 11.1. The number of hydrogen-bond donors (Lipinski definition) is 2. The van der Waals surface area contributed by atoms with Gasteiger partial charge >= 0.3 is 5.97 Å². The largest absolute Gasteiger partial charge is 0.481 e. The monoisotopic (exact) mass is 241 g/mol. The van der Waals surface area contributed by atoms with Crippen LogP contribution in [0.1, 0.15) is 30.3 Å². The molecule has 1 aromatic heterocycles. The van der Waals surface area contributed by atoms with Crippen molar-refractivity contribution < 1.29 is 9.90 Å². The summed E-state index contributed by atoms with van der Waals surface area (Å²) in [5.74, 6) is 0.640. The van der Waals surface area contributed by atoms with E-state index < -0.39 is 5.97 Å². The van der Waals surface area contributed by atoms with Crippen molar-refractivity contribution >= 4 is 23.4 Å². The first-order valence-corrected chi connectivity index (χ1v) is 5.45. The highest BCUT2D eigenvalue weighted by Crippen LogP contribution is 2.39. The maximum absolute atomic E-state index is 10.7. The van der Waals surface area contributed by atoms with Crippen molar-refractivity contribution in [3.05, 3.63) is 16.5 Å². The zero-order chi connectivity index (χ0) is 11.7. The van der Waals surface area contributed by atoms with Gasteiger partial charge in [0, 0.05) is 13.0 Å². The lowest BCUT2D eigenvalue weighted by Crippen LogP contribution is -2.09. The van der Waals surface area contributed by atoms with Crippen LogP contribution < -0.4 is 5.32 Å². The Balaban J connectivity index is 2.39. The van der Waals surface area contributed by atoms with E-state index in [0.29, 0.717) is 28.3 Å². The standard InChI is InChI=1S/C10H12ClN3O2/c1-12-10-8(11)6(4-7(15)16)13-9(14-10)5-2-3-5/h5H,2-4H2,1H3,(H,15,16)(H,12,13,14). The fraction of sp³-hybridized carbons (Fsp3) is 0.500. The van der Waals surface area contributed by atoms with Crippen molar-refractivity contribution in [1.82, 2.24) is 9.97 Å². The average molecular weight is 242 g/mol. The lowest BCUT2D eigenvalue weighted by atomic mass is 10.2.